The van der Waals surface area contributed by atoms with Crippen LogP contribution in [0.15, 0.2) is 66.7 Å². The monoisotopic (exact) mass is 290 g/mol. The Kier molecular flexibility index (Phi) is 3.90. The molecule has 1 unspecified atom stereocenters. The van der Waals surface area contributed by atoms with Crippen LogP contribution in [0.25, 0.3) is 22.3 Å². The van der Waals surface area contributed by atoms with E-state index in [0.717, 1.165) is 0 Å². The van der Waals surface area contributed by atoms with Crippen molar-refractivity contribution >= 4 is 14.5 Å². The summed E-state index contributed by atoms with van der Waals surface area (Å²) in [7, 11) is 2.73. The lowest BCUT2D eigenvalue weighted by atomic mass is 9.95. The first-order valence-corrected chi connectivity index (χ1v) is 7.75. The standard InChI is InChI=1S/C20H19P/c1-14-3-6-16(7-4-14)18-8-5-15(2)20(13-18)17-9-11-19(21)12-10-17/h3-13H,21H2,1-2H3. The highest BCUT2D eigenvalue weighted by molar-refractivity contribution is 7.27. The number of benzene rings is 3. The quantitative estimate of drug-likeness (QED) is 0.573. The molecule has 0 amide bonds. The molecule has 0 radical (unpaired) electrons. The minimum atomic E-state index is 1.21. The van der Waals surface area contributed by atoms with Crippen molar-refractivity contribution in [1.82, 2.24) is 0 Å². The zero-order chi connectivity index (χ0) is 14.8. The largest absolute Gasteiger partial charge is 0.106 e. The van der Waals surface area contributed by atoms with Gasteiger partial charge in [0.15, 0.2) is 0 Å². The van der Waals surface area contributed by atoms with Gasteiger partial charge in [-0.2, -0.15) is 0 Å². The third-order valence-corrected chi connectivity index (χ3v) is 4.23. The van der Waals surface area contributed by atoms with Gasteiger partial charge in [0.2, 0.25) is 0 Å². The summed E-state index contributed by atoms with van der Waals surface area (Å²) in [6, 6.07) is 24.1. The lowest BCUT2D eigenvalue weighted by molar-refractivity contribution is 1.44. The fourth-order valence-electron chi connectivity index (χ4n) is 2.52. The maximum atomic E-state index is 2.73. The number of hydrogen-bond donors (Lipinski definition) is 0. The van der Waals surface area contributed by atoms with Crippen molar-refractivity contribution in [1.29, 1.82) is 0 Å². The molecule has 104 valence electrons. The van der Waals surface area contributed by atoms with Crippen LogP contribution in [0, 0.1) is 13.8 Å². The van der Waals surface area contributed by atoms with Gasteiger partial charge in [0.1, 0.15) is 0 Å². The lowest BCUT2D eigenvalue weighted by Crippen LogP contribution is -1.90. The molecule has 0 aliphatic heterocycles. The highest BCUT2D eigenvalue weighted by Crippen LogP contribution is 2.29. The van der Waals surface area contributed by atoms with Crippen molar-refractivity contribution < 1.29 is 0 Å². The van der Waals surface area contributed by atoms with Crippen LogP contribution in [0.2, 0.25) is 0 Å². The van der Waals surface area contributed by atoms with Gasteiger partial charge in [-0.05, 0) is 53.0 Å². The molecule has 0 aromatic heterocycles. The minimum absolute atomic E-state index is 1.21. The predicted molar refractivity (Wildman–Crippen MR) is 96.1 cm³/mol. The van der Waals surface area contributed by atoms with Crippen LogP contribution in [0.5, 0.6) is 0 Å². The van der Waals surface area contributed by atoms with Gasteiger partial charge in [-0.1, -0.05) is 66.2 Å². The van der Waals surface area contributed by atoms with Crippen molar-refractivity contribution in [2.75, 3.05) is 0 Å². The van der Waals surface area contributed by atoms with E-state index in [1.807, 2.05) is 0 Å². The highest BCUT2D eigenvalue weighted by atomic mass is 31.0. The van der Waals surface area contributed by atoms with Crippen LogP contribution < -0.4 is 5.30 Å². The number of rotatable bonds is 2. The Morgan fingerprint density at radius 1 is 0.619 bits per heavy atom. The molecule has 1 atom stereocenters. The maximum absolute atomic E-state index is 2.73. The third kappa shape index (κ3) is 3.06. The molecule has 3 aromatic carbocycles. The van der Waals surface area contributed by atoms with Crippen LogP contribution in [-0.2, 0) is 0 Å². The first kappa shape index (κ1) is 14.0. The zero-order valence-electron chi connectivity index (χ0n) is 12.4. The van der Waals surface area contributed by atoms with E-state index in [-0.39, 0.29) is 0 Å². The summed E-state index contributed by atoms with van der Waals surface area (Å²) in [4.78, 5) is 0. The number of hydrogen-bond acceptors (Lipinski definition) is 0. The van der Waals surface area contributed by atoms with E-state index in [1.165, 1.54) is 38.7 Å². The van der Waals surface area contributed by atoms with Crippen LogP contribution in [0.3, 0.4) is 0 Å². The van der Waals surface area contributed by atoms with Crippen LogP contribution in [0.4, 0.5) is 0 Å². The van der Waals surface area contributed by atoms with Crippen LogP contribution in [0.1, 0.15) is 11.1 Å². The van der Waals surface area contributed by atoms with Gasteiger partial charge >= 0.3 is 0 Å². The Morgan fingerprint density at radius 3 is 1.86 bits per heavy atom. The summed E-state index contributed by atoms with van der Waals surface area (Å²) in [6.45, 7) is 4.29. The molecule has 3 aromatic rings. The fourth-order valence-corrected chi connectivity index (χ4v) is 2.71. The first-order valence-electron chi connectivity index (χ1n) is 7.17. The van der Waals surface area contributed by atoms with Gasteiger partial charge in [-0.3, -0.25) is 0 Å². The Balaban J connectivity index is 2.07. The summed E-state index contributed by atoms with van der Waals surface area (Å²) in [5.41, 5.74) is 7.71. The van der Waals surface area contributed by atoms with Gasteiger partial charge in [0.05, 0.1) is 0 Å². The summed E-state index contributed by atoms with van der Waals surface area (Å²) < 4.78 is 0. The van der Waals surface area contributed by atoms with E-state index in [4.69, 9.17) is 0 Å². The SMILES string of the molecule is Cc1ccc(-c2ccc(C)c(-c3ccc(P)cc3)c2)cc1. The maximum Gasteiger partial charge on any atom is -0.0149 e. The smallest absolute Gasteiger partial charge is 0.0149 e. The average Bonchev–Trinajstić information content (AvgIpc) is 2.50. The molecule has 1 heteroatoms. The summed E-state index contributed by atoms with van der Waals surface area (Å²) in [5, 5.41) is 1.21. The molecule has 0 fully saturated rings. The molecule has 21 heavy (non-hydrogen) atoms. The van der Waals surface area contributed by atoms with Gasteiger partial charge in [-0.25, -0.2) is 0 Å². The van der Waals surface area contributed by atoms with Crippen molar-refractivity contribution in [3.8, 4) is 22.3 Å². The number of aryl methyl sites for hydroxylation is 2. The Labute approximate surface area is 129 Å². The predicted octanol–water partition coefficient (Wildman–Crippen LogP) is 5.14. The Bertz CT molecular complexity index is 753. The minimum Gasteiger partial charge on any atom is -0.106 e. The van der Waals surface area contributed by atoms with Crippen molar-refractivity contribution in [3.05, 3.63) is 77.9 Å². The lowest BCUT2D eigenvalue weighted by Gasteiger charge is -2.10. The van der Waals surface area contributed by atoms with Crippen molar-refractivity contribution in [2.45, 2.75) is 13.8 Å². The van der Waals surface area contributed by atoms with Gasteiger partial charge in [0, 0.05) is 0 Å². The molecular weight excluding hydrogens is 271 g/mol. The summed E-state index contributed by atoms with van der Waals surface area (Å²) in [6.07, 6.45) is 0. The Hall–Kier alpha value is -1.91. The van der Waals surface area contributed by atoms with E-state index in [1.54, 1.807) is 0 Å². The molecule has 3 rings (SSSR count). The molecule has 0 bridgehead atoms. The van der Waals surface area contributed by atoms with Crippen LogP contribution >= 0.6 is 9.24 Å². The van der Waals surface area contributed by atoms with Gasteiger partial charge in [-0.15, -0.1) is 9.24 Å². The second kappa shape index (κ2) is 5.84. The third-order valence-electron chi connectivity index (χ3n) is 3.84. The fraction of sp³-hybridized carbons (Fsp3) is 0.100. The van der Waals surface area contributed by atoms with E-state index >= 15 is 0 Å². The molecule has 0 aliphatic carbocycles. The van der Waals surface area contributed by atoms with Crippen molar-refractivity contribution in [3.63, 3.8) is 0 Å². The van der Waals surface area contributed by atoms with E-state index in [0.29, 0.717) is 0 Å². The molecule has 0 heterocycles. The van der Waals surface area contributed by atoms with Gasteiger partial charge in [0.25, 0.3) is 0 Å². The van der Waals surface area contributed by atoms with E-state index in [9.17, 15) is 0 Å². The van der Waals surface area contributed by atoms with Crippen molar-refractivity contribution in [2.24, 2.45) is 0 Å². The van der Waals surface area contributed by atoms with E-state index in [2.05, 4.69) is 89.8 Å². The topological polar surface area (TPSA) is 0 Å². The molecule has 0 aliphatic rings. The molecule has 0 N–H and O–H groups in total. The second-order valence-corrected chi connectivity index (χ2v) is 6.18. The van der Waals surface area contributed by atoms with Crippen LogP contribution in [-0.4, -0.2) is 0 Å². The molecule has 0 saturated heterocycles. The summed E-state index contributed by atoms with van der Waals surface area (Å²) >= 11 is 0. The first-order chi connectivity index (χ1) is 10.1. The van der Waals surface area contributed by atoms with E-state index < -0.39 is 0 Å². The molecule has 0 nitrogen and oxygen atoms in total. The zero-order valence-corrected chi connectivity index (χ0v) is 13.6. The molecule has 0 spiro atoms. The molecule has 0 saturated carbocycles. The average molecular weight is 290 g/mol. The summed E-state index contributed by atoms with van der Waals surface area (Å²) in [5.74, 6) is 0. The highest BCUT2D eigenvalue weighted by Gasteiger charge is 2.05. The second-order valence-electron chi connectivity index (χ2n) is 5.52. The molecular formula is C20H19P. The Morgan fingerprint density at radius 2 is 1.19 bits per heavy atom. The van der Waals surface area contributed by atoms with Gasteiger partial charge < -0.3 is 0 Å². The normalized spacial score (nSPS) is 10.6.